The van der Waals surface area contributed by atoms with Crippen LogP contribution in [0.3, 0.4) is 0 Å². The maximum Gasteiger partial charge on any atom is 0.280 e. The first kappa shape index (κ1) is 17.9. The van der Waals surface area contributed by atoms with E-state index >= 15 is 0 Å². The lowest BCUT2D eigenvalue weighted by atomic mass is 10.1. The minimum Gasteiger partial charge on any atom is -0.486 e. The second kappa shape index (κ2) is 6.70. The highest BCUT2D eigenvalue weighted by atomic mass is 32.1. The van der Waals surface area contributed by atoms with Gasteiger partial charge >= 0.3 is 0 Å². The molecule has 146 valence electrons. The largest absolute Gasteiger partial charge is 0.486 e. The average molecular weight is 411 g/mol. The lowest BCUT2D eigenvalue weighted by Gasteiger charge is -2.03. The minimum atomic E-state index is -2.62. The number of halogens is 2. The van der Waals surface area contributed by atoms with Gasteiger partial charge in [-0.3, -0.25) is 0 Å². The van der Waals surface area contributed by atoms with Crippen LogP contribution in [0.2, 0.25) is 0 Å². The molecule has 0 aliphatic rings. The predicted octanol–water partition coefficient (Wildman–Crippen LogP) is 5.02. The molecule has 0 saturated carbocycles. The lowest BCUT2D eigenvalue weighted by Crippen LogP contribution is -1.98. The first-order valence-corrected chi connectivity index (χ1v) is 9.73. The Balaban J connectivity index is 1.57. The molecule has 0 aliphatic heterocycles. The van der Waals surface area contributed by atoms with Crippen molar-refractivity contribution in [1.82, 2.24) is 24.6 Å². The van der Waals surface area contributed by atoms with Crippen LogP contribution in [0.1, 0.15) is 29.1 Å². The molecule has 5 rings (SSSR count). The van der Waals surface area contributed by atoms with Crippen LogP contribution in [0.15, 0.2) is 36.7 Å². The first-order valence-electron chi connectivity index (χ1n) is 8.91. The molecule has 0 radical (unpaired) electrons. The summed E-state index contributed by atoms with van der Waals surface area (Å²) in [6.07, 6.45) is -1.04. The van der Waals surface area contributed by atoms with E-state index < -0.39 is 6.43 Å². The zero-order chi connectivity index (χ0) is 20.1. The number of hydrogen-bond donors (Lipinski definition) is 0. The number of hydrogen-bond acceptors (Lipinski definition) is 6. The maximum absolute atomic E-state index is 13.1. The van der Waals surface area contributed by atoms with Crippen molar-refractivity contribution in [2.75, 3.05) is 0 Å². The van der Waals surface area contributed by atoms with Crippen LogP contribution in [0.25, 0.3) is 26.1 Å². The van der Waals surface area contributed by atoms with Crippen molar-refractivity contribution in [2.24, 2.45) is 0 Å². The minimum absolute atomic E-state index is 0.212. The molecule has 5 aromatic rings. The van der Waals surface area contributed by atoms with Gasteiger partial charge in [0.15, 0.2) is 11.5 Å². The third-order valence-electron chi connectivity index (χ3n) is 4.64. The van der Waals surface area contributed by atoms with Crippen LogP contribution in [-0.4, -0.2) is 24.6 Å². The van der Waals surface area contributed by atoms with E-state index in [2.05, 4.69) is 20.1 Å². The van der Waals surface area contributed by atoms with Crippen molar-refractivity contribution in [1.29, 1.82) is 0 Å². The zero-order valence-electron chi connectivity index (χ0n) is 15.6. The molecule has 0 N–H and O–H groups in total. The lowest BCUT2D eigenvalue weighted by molar-refractivity contribution is 0.146. The smallest absolute Gasteiger partial charge is 0.280 e. The Morgan fingerprint density at radius 2 is 1.93 bits per heavy atom. The van der Waals surface area contributed by atoms with Crippen LogP contribution in [-0.2, 0) is 6.61 Å². The molecule has 0 spiro atoms. The number of thiophene rings is 1. The standard InChI is InChI=1S/C20H15F2N5OS/c1-10-3-5-12(6-4-10)28-8-14-25-19-17-16(23-9-27(19)26-14)15-11(2)7-13(18(21)22)24-20(15)29-17/h3-7,9,18H,8H2,1-2H3. The fourth-order valence-electron chi connectivity index (χ4n) is 3.23. The van der Waals surface area contributed by atoms with Crippen molar-refractivity contribution in [2.45, 2.75) is 26.9 Å². The number of alkyl halides is 2. The molecule has 9 heteroatoms. The molecule has 1 aromatic carbocycles. The molecule has 4 aromatic heterocycles. The van der Waals surface area contributed by atoms with Crippen molar-refractivity contribution < 1.29 is 13.5 Å². The molecular weight excluding hydrogens is 396 g/mol. The van der Waals surface area contributed by atoms with Gasteiger partial charge in [0.05, 0.1) is 5.52 Å². The third kappa shape index (κ3) is 3.07. The Bertz CT molecular complexity index is 1360. The summed E-state index contributed by atoms with van der Waals surface area (Å²) in [5.74, 6) is 1.24. The van der Waals surface area contributed by atoms with Crippen LogP contribution < -0.4 is 4.74 Å². The second-order valence-electron chi connectivity index (χ2n) is 6.77. The summed E-state index contributed by atoms with van der Waals surface area (Å²) in [4.78, 5) is 13.7. The highest BCUT2D eigenvalue weighted by Gasteiger charge is 2.19. The van der Waals surface area contributed by atoms with Crippen LogP contribution >= 0.6 is 11.3 Å². The summed E-state index contributed by atoms with van der Waals surface area (Å²) in [6.45, 7) is 4.01. The van der Waals surface area contributed by atoms with E-state index in [1.54, 1.807) is 17.8 Å². The van der Waals surface area contributed by atoms with E-state index in [4.69, 9.17) is 4.74 Å². The van der Waals surface area contributed by atoms with Gasteiger partial charge in [-0.1, -0.05) is 17.7 Å². The topological polar surface area (TPSA) is 65.2 Å². The molecule has 0 unspecified atom stereocenters. The molecule has 0 saturated heterocycles. The highest BCUT2D eigenvalue weighted by Crippen LogP contribution is 2.36. The normalized spacial score (nSPS) is 11.9. The monoisotopic (exact) mass is 411 g/mol. The van der Waals surface area contributed by atoms with Gasteiger partial charge in [0.1, 0.15) is 33.9 Å². The van der Waals surface area contributed by atoms with E-state index in [1.165, 1.54) is 17.4 Å². The van der Waals surface area contributed by atoms with Gasteiger partial charge in [-0.2, -0.15) is 0 Å². The molecule has 0 bridgehead atoms. The molecule has 0 aliphatic carbocycles. The fraction of sp³-hybridized carbons (Fsp3) is 0.200. The van der Waals surface area contributed by atoms with Gasteiger partial charge in [0.2, 0.25) is 0 Å². The Labute approximate surface area is 167 Å². The number of nitrogens with zero attached hydrogens (tertiary/aromatic N) is 5. The van der Waals surface area contributed by atoms with Gasteiger partial charge in [-0.05, 0) is 37.6 Å². The van der Waals surface area contributed by atoms with Crippen LogP contribution in [0.5, 0.6) is 5.75 Å². The Kier molecular flexibility index (Phi) is 4.13. The molecule has 4 heterocycles. The van der Waals surface area contributed by atoms with Gasteiger partial charge in [0, 0.05) is 5.39 Å². The number of aryl methyl sites for hydroxylation is 2. The quantitative estimate of drug-likeness (QED) is 0.415. The highest BCUT2D eigenvalue weighted by molar-refractivity contribution is 7.26. The summed E-state index contributed by atoms with van der Waals surface area (Å²) in [6, 6.07) is 9.15. The van der Waals surface area contributed by atoms with Crippen LogP contribution in [0, 0.1) is 13.8 Å². The number of fused-ring (bicyclic) bond motifs is 5. The van der Waals surface area contributed by atoms with Crippen molar-refractivity contribution in [3.63, 3.8) is 0 Å². The predicted molar refractivity (Wildman–Crippen MR) is 107 cm³/mol. The Morgan fingerprint density at radius 3 is 2.69 bits per heavy atom. The third-order valence-corrected chi connectivity index (χ3v) is 5.71. The number of benzene rings is 1. The van der Waals surface area contributed by atoms with Crippen molar-refractivity contribution in [3.8, 4) is 5.75 Å². The van der Waals surface area contributed by atoms with E-state index in [0.717, 1.165) is 27.0 Å². The number of pyridine rings is 1. The first-order chi connectivity index (χ1) is 14.0. The molecule has 0 atom stereocenters. The summed E-state index contributed by atoms with van der Waals surface area (Å²) in [7, 11) is 0. The summed E-state index contributed by atoms with van der Waals surface area (Å²) in [5, 5.41) is 5.19. The molecule has 0 fully saturated rings. The zero-order valence-corrected chi connectivity index (χ0v) is 16.4. The maximum atomic E-state index is 13.1. The molecule has 0 amide bonds. The van der Waals surface area contributed by atoms with Gasteiger partial charge in [0.25, 0.3) is 6.43 Å². The summed E-state index contributed by atoms with van der Waals surface area (Å²) < 4.78 is 34.3. The van der Waals surface area contributed by atoms with E-state index in [1.807, 2.05) is 31.2 Å². The SMILES string of the molecule is Cc1ccc(OCc2nc3c4sc5nc(C(F)F)cc(C)c5c4ncn3n2)cc1. The molecule has 29 heavy (non-hydrogen) atoms. The summed E-state index contributed by atoms with van der Waals surface area (Å²) >= 11 is 1.30. The van der Waals surface area contributed by atoms with Gasteiger partial charge < -0.3 is 4.74 Å². The van der Waals surface area contributed by atoms with Crippen molar-refractivity contribution >= 4 is 37.4 Å². The molecule has 6 nitrogen and oxygen atoms in total. The number of ether oxygens (including phenoxy) is 1. The van der Waals surface area contributed by atoms with E-state index in [-0.39, 0.29) is 12.3 Å². The van der Waals surface area contributed by atoms with Gasteiger partial charge in [-0.15, -0.1) is 16.4 Å². The van der Waals surface area contributed by atoms with E-state index in [0.29, 0.717) is 21.8 Å². The Hall–Kier alpha value is -3.20. The summed E-state index contributed by atoms with van der Waals surface area (Å²) in [5.41, 5.74) is 2.95. The molecular formula is C20H15F2N5OS. The van der Waals surface area contributed by atoms with Crippen LogP contribution in [0.4, 0.5) is 8.78 Å². The fourth-order valence-corrected chi connectivity index (χ4v) is 4.42. The van der Waals surface area contributed by atoms with Gasteiger partial charge in [-0.25, -0.2) is 28.2 Å². The number of aromatic nitrogens is 5. The number of rotatable bonds is 4. The van der Waals surface area contributed by atoms with Crippen molar-refractivity contribution in [3.05, 3.63) is 59.3 Å². The van der Waals surface area contributed by atoms with E-state index in [9.17, 15) is 8.78 Å². The Morgan fingerprint density at radius 1 is 1.14 bits per heavy atom. The average Bonchev–Trinajstić information content (AvgIpc) is 3.28. The second-order valence-corrected chi connectivity index (χ2v) is 7.77.